The van der Waals surface area contributed by atoms with E-state index in [9.17, 15) is 5.11 Å². The van der Waals surface area contributed by atoms with Crippen LogP contribution < -0.4 is 0 Å². The van der Waals surface area contributed by atoms with Gasteiger partial charge in [-0.15, -0.1) is 0 Å². The predicted octanol–water partition coefficient (Wildman–Crippen LogP) is 2.99. The normalized spacial score (nSPS) is 56.6. The Hall–Kier alpha value is -0.0800. The molecule has 0 radical (unpaired) electrons. The van der Waals surface area contributed by atoms with Gasteiger partial charge in [0.2, 0.25) is 0 Å². The van der Waals surface area contributed by atoms with Gasteiger partial charge in [0.15, 0.2) is 0 Å². The summed E-state index contributed by atoms with van der Waals surface area (Å²) in [4.78, 5) is 0. The molecule has 17 heavy (non-hydrogen) atoms. The molecule has 0 aromatic rings. The zero-order valence-corrected chi connectivity index (χ0v) is 11.6. The first-order valence-corrected chi connectivity index (χ1v) is 7.22. The Morgan fingerprint density at radius 1 is 1.12 bits per heavy atom. The van der Waals surface area contributed by atoms with Gasteiger partial charge in [-0.05, 0) is 51.4 Å². The average Bonchev–Trinajstić information content (AvgIpc) is 2.44. The van der Waals surface area contributed by atoms with Gasteiger partial charge in [0.1, 0.15) is 0 Å². The fourth-order valence-corrected chi connectivity index (χ4v) is 5.12. The molecular formula is C15H26O2. The molecule has 2 aliphatic heterocycles. The highest BCUT2D eigenvalue weighted by Gasteiger charge is 2.59. The van der Waals surface area contributed by atoms with Crippen LogP contribution >= 0.6 is 0 Å². The largest absolute Gasteiger partial charge is 0.393 e. The summed E-state index contributed by atoms with van der Waals surface area (Å²) in [7, 11) is 0. The number of ether oxygens (including phenoxy) is 1. The molecule has 2 saturated heterocycles. The molecule has 2 heterocycles. The van der Waals surface area contributed by atoms with Gasteiger partial charge in [-0.1, -0.05) is 13.3 Å². The molecule has 0 aromatic heterocycles. The molecule has 6 unspecified atom stereocenters. The molecular weight excluding hydrogens is 212 g/mol. The van der Waals surface area contributed by atoms with Crippen molar-refractivity contribution in [3.63, 3.8) is 0 Å². The average molecular weight is 238 g/mol. The summed E-state index contributed by atoms with van der Waals surface area (Å²) in [5.41, 5.74) is -0.248. The summed E-state index contributed by atoms with van der Waals surface area (Å²) in [5, 5.41) is 10.4. The third-order valence-corrected chi connectivity index (χ3v) is 5.96. The van der Waals surface area contributed by atoms with Crippen LogP contribution in [0.25, 0.3) is 0 Å². The van der Waals surface area contributed by atoms with Crippen molar-refractivity contribution in [3.05, 3.63) is 0 Å². The van der Waals surface area contributed by atoms with Crippen molar-refractivity contribution in [2.24, 2.45) is 23.7 Å². The molecule has 2 saturated carbocycles. The molecule has 4 fully saturated rings. The third kappa shape index (κ3) is 1.60. The molecule has 6 atom stereocenters. The first-order chi connectivity index (χ1) is 7.83. The minimum Gasteiger partial charge on any atom is -0.393 e. The van der Waals surface area contributed by atoms with Crippen LogP contribution in [0, 0.1) is 23.7 Å². The van der Waals surface area contributed by atoms with Crippen LogP contribution in [0.1, 0.15) is 53.4 Å². The van der Waals surface area contributed by atoms with Gasteiger partial charge in [0.25, 0.3) is 0 Å². The van der Waals surface area contributed by atoms with E-state index >= 15 is 0 Å². The predicted molar refractivity (Wildman–Crippen MR) is 67.7 cm³/mol. The minimum atomic E-state index is -0.165. The Morgan fingerprint density at radius 2 is 1.82 bits per heavy atom. The topological polar surface area (TPSA) is 29.5 Å². The van der Waals surface area contributed by atoms with Crippen molar-refractivity contribution in [1.82, 2.24) is 0 Å². The Bertz CT molecular complexity index is 325. The summed E-state index contributed by atoms with van der Waals surface area (Å²) in [6.07, 6.45) is 4.47. The van der Waals surface area contributed by atoms with Crippen LogP contribution in [0.15, 0.2) is 0 Å². The second kappa shape index (κ2) is 3.48. The van der Waals surface area contributed by atoms with E-state index in [0.29, 0.717) is 11.8 Å². The lowest BCUT2D eigenvalue weighted by Gasteiger charge is -2.49. The van der Waals surface area contributed by atoms with E-state index in [-0.39, 0.29) is 17.3 Å². The van der Waals surface area contributed by atoms with Gasteiger partial charge in [-0.3, -0.25) is 0 Å². The standard InChI is InChI=1S/C15H26O2/c1-9-5-6-11-10(9)7-12-13(16)8-15(11,4)17-14(12,2)3/h9-13,16H,5-8H2,1-4H3. The second-order valence-electron chi connectivity index (χ2n) is 7.46. The highest BCUT2D eigenvalue weighted by molar-refractivity contribution is 5.08. The molecule has 2 bridgehead atoms. The Kier molecular flexibility index (Phi) is 2.45. The van der Waals surface area contributed by atoms with Gasteiger partial charge in [0, 0.05) is 12.3 Å². The van der Waals surface area contributed by atoms with Crippen LogP contribution in [0.2, 0.25) is 0 Å². The molecule has 1 N–H and O–H groups in total. The van der Waals surface area contributed by atoms with Gasteiger partial charge in [-0.25, -0.2) is 0 Å². The van der Waals surface area contributed by atoms with Crippen molar-refractivity contribution < 1.29 is 9.84 Å². The van der Waals surface area contributed by atoms with Crippen LogP contribution in [0.5, 0.6) is 0 Å². The summed E-state index contributed by atoms with van der Waals surface area (Å²) in [6.45, 7) is 8.97. The Balaban J connectivity index is 2.02. The smallest absolute Gasteiger partial charge is 0.0717 e. The van der Waals surface area contributed by atoms with Crippen molar-refractivity contribution in [2.45, 2.75) is 70.7 Å². The van der Waals surface area contributed by atoms with E-state index < -0.39 is 0 Å². The Labute approximate surface area is 105 Å². The maximum Gasteiger partial charge on any atom is 0.0717 e. The fourth-order valence-electron chi connectivity index (χ4n) is 5.12. The number of aliphatic hydroxyl groups is 1. The molecule has 98 valence electrons. The van der Waals surface area contributed by atoms with Gasteiger partial charge < -0.3 is 9.84 Å². The molecule has 4 aliphatic rings. The zero-order chi connectivity index (χ0) is 12.4. The van der Waals surface area contributed by atoms with Gasteiger partial charge in [-0.2, -0.15) is 0 Å². The Morgan fingerprint density at radius 3 is 2.47 bits per heavy atom. The minimum absolute atomic E-state index is 0.0919. The molecule has 0 amide bonds. The molecule has 4 rings (SSSR count). The zero-order valence-electron chi connectivity index (χ0n) is 11.6. The lowest BCUT2D eigenvalue weighted by molar-refractivity contribution is -0.230. The van der Waals surface area contributed by atoms with E-state index in [1.807, 2.05) is 0 Å². The summed E-state index contributed by atoms with van der Waals surface area (Å²) < 4.78 is 6.46. The lowest BCUT2D eigenvalue weighted by Crippen LogP contribution is -2.55. The van der Waals surface area contributed by atoms with Gasteiger partial charge >= 0.3 is 0 Å². The van der Waals surface area contributed by atoms with E-state index in [1.54, 1.807) is 0 Å². The van der Waals surface area contributed by atoms with E-state index in [1.165, 1.54) is 12.8 Å². The quantitative estimate of drug-likeness (QED) is 0.703. The number of rotatable bonds is 0. The summed E-state index contributed by atoms with van der Waals surface area (Å²) >= 11 is 0. The molecule has 0 spiro atoms. The van der Waals surface area contributed by atoms with E-state index in [4.69, 9.17) is 4.74 Å². The van der Waals surface area contributed by atoms with Crippen molar-refractivity contribution >= 4 is 0 Å². The lowest BCUT2D eigenvalue weighted by atomic mass is 9.76. The van der Waals surface area contributed by atoms with E-state index in [2.05, 4.69) is 27.7 Å². The summed E-state index contributed by atoms with van der Waals surface area (Å²) in [5.74, 6) is 2.57. The van der Waals surface area contributed by atoms with Crippen LogP contribution in [0.4, 0.5) is 0 Å². The first kappa shape index (κ1) is 12.0. The molecule has 2 heteroatoms. The number of hydrogen-bond acceptors (Lipinski definition) is 2. The van der Waals surface area contributed by atoms with Crippen molar-refractivity contribution in [3.8, 4) is 0 Å². The second-order valence-corrected chi connectivity index (χ2v) is 7.46. The van der Waals surface area contributed by atoms with Crippen LogP contribution in [0.3, 0.4) is 0 Å². The first-order valence-electron chi connectivity index (χ1n) is 7.22. The monoisotopic (exact) mass is 238 g/mol. The highest BCUT2D eigenvalue weighted by Crippen LogP contribution is 2.58. The SMILES string of the molecule is CC1CCC2C1CC1C(O)CC2(C)OC1(C)C. The van der Waals surface area contributed by atoms with Crippen LogP contribution in [-0.4, -0.2) is 22.4 Å². The van der Waals surface area contributed by atoms with Crippen molar-refractivity contribution in [2.75, 3.05) is 0 Å². The van der Waals surface area contributed by atoms with Crippen molar-refractivity contribution in [1.29, 1.82) is 0 Å². The fraction of sp³-hybridized carbons (Fsp3) is 1.00. The maximum absolute atomic E-state index is 10.4. The third-order valence-electron chi connectivity index (χ3n) is 5.96. The van der Waals surface area contributed by atoms with Crippen LogP contribution in [-0.2, 0) is 4.74 Å². The molecule has 2 nitrogen and oxygen atoms in total. The number of hydrogen-bond donors (Lipinski definition) is 1. The highest BCUT2D eigenvalue weighted by atomic mass is 16.5. The van der Waals surface area contributed by atoms with E-state index in [0.717, 1.165) is 24.7 Å². The molecule has 0 aromatic carbocycles. The number of fused-ring (bicyclic) bond motifs is 2. The summed E-state index contributed by atoms with van der Waals surface area (Å²) in [6, 6.07) is 0. The molecule has 2 aliphatic carbocycles. The van der Waals surface area contributed by atoms with Gasteiger partial charge in [0.05, 0.1) is 17.3 Å². The maximum atomic E-state index is 10.4. The number of aliphatic hydroxyl groups excluding tert-OH is 1.